The van der Waals surface area contributed by atoms with Gasteiger partial charge in [-0.3, -0.25) is 0 Å². The van der Waals surface area contributed by atoms with Crippen LogP contribution in [0.25, 0.3) is 0 Å². The molecule has 0 bridgehead atoms. The van der Waals surface area contributed by atoms with Crippen LogP contribution in [0.15, 0.2) is 23.1 Å². The zero-order chi connectivity index (χ0) is 11.5. The van der Waals surface area contributed by atoms with Crippen LogP contribution in [0.3, 0.4) is 0 Å². The van der Waals surface area contributed by atoms with Gasteiger partial charge in [0.2, 0.25) is 0 Å². The molecule has 5 heteroatoms. The molecule has 1 rings (SSSR count). The van der Waals surface area contributed by atoms with E-state index in [0.717, 1.165) is 5.56 Å². The molecule has 15 heavy (non-hydrogen) atoms. The van der Waals surface area contributed by atoms with E-state index < -0.39 is 9.05 Å². The van der Waals surface area contributed by atoms with Crippen molar-refractivity contribution in [2.75, 3.05) is 6.61 Å². The standard InChI is InChI=1S/C10H13ClO3S/c1-3-8-7-9(15(11,12)13)5-6-10(8)14-4-2/h5-7H,3-4H2,1-2H3. The number of rotatable bonds is 4. The number of ether oxygens (including phenoxy) is 1. The van der Waals surface area contributed by atoms with Crippen LogP contribution >= 0.6 is 10.7 Å². The third-order valence-corrected chi connectivity index (χ3v) is 3.35. The Bertz CT molecular complexity index is 440. The Balaban J connectivity index is 3.19. The second-order valence-corrected chi connectivity index (χ2v) is 5.56. The SMILES string of the molecule is CCOc1ccc(S(=O)(=O)Cl)cc1CC. The van der Waals surface area contributed by atoms with Crippen LogP contribution in [0.5, 0.6) is 5.75 Å². The largest absolute Gasteiger partial charge is 0.494 e. The summed E-state index contributed by atoms with van der Waals surface area (Å²) in [5.41, 5.74) is 0.846. The number of benzene rings is 1. The third kappa shape index (κ3) is 3.11. The maximum atomic E-state index is 11.1. The predicted molar refractivity (Wildman–Crippen MR) is 60.0 cm³/mol. The highest BCUT2D eigenvalue weighted by atomic mass is 35.7. The second-order valence-electron chi connectivity index (χ2n) is 2.99. The van der Waals surface area contributed by atoms with Gasteiger partial charge in [0.15, 0.2) is 0 Å². The number of hydrogen-bond donors (Lipinski definition) is 0. The number of hydrogen-bond acceptors (Lipinski definition) is 3. The van der Waals surface area contributed by atoms with E-state index in [0.29, 0.717) is 18.8 Å². The molecule has 3 nitrogen and oxygen atoms in total. The molecule has 0 N–H and O–H groups in total. The smallest absolute Gasteiger partial charge is 0.261 e. The van der Waals surface area contributed by atoms with E-state index in [1.54, 1.807) is 12.1 Å². The van der Waals surface area contributed by atoms with Gasteiger partial charge in [0.05, 0.1) is 11.5 Å². The van der Waals surface area contributed by atoms with Crippen LogP contribution in [0.2, 0.25) is 0 Å². The Labute approximate surface area is 94.4 Å². The Hall–Kier alpha value is -0.740. The van der Waals surface area contributed by atoms with E-state index in [1.165, 1.54) is 6.07 Å². The average molecular weight is 249 g/mol. The summed E-state index contributed by atoms with van der Waals surface area (Å²) in [6.07, 6.45) is 0.704. The fourth-order valence-electron chi connectivity index (χ4n) is 1.28. The van der Waals surface area contributed by atoms with Gasteiger partial charge in [-0.1, -0.05) is 6.92 Å². The van der Waals surface area contributed by atoms with Crippen LogP contribution in [0.1, 0.15) is 19.4 Å². The molecule has 0 aromatic heterocycles. The first-order valence-corrected chi connectivity index (χ1v) is 7.00. The van der Waals surface area contributed by atoms with Crippen molar-refractivity contribution in [3.8, 4) is 5.75 Å². The zero-order valence-electron chi connectivity index (χ0n) is 8.66. The van der Waals surface area contributed by atoms with E-state index >= 15 is 0 Å². The predicted octanol–water partition coefficient (Wildman–Crippen LogP) is 2.58. The van der Waals surface area contributed by atoms with Gasteiger partial charge >= 0.3 is 0 Å². The molecule has 0 saturated carbocycles. The Morgan fingerprint density at radius 2 is 2.00 bits per heavy atom. The lowest BCUT2D eigenvalue weighted by Gasteiger charge is -2.09. The van der Waals surface area contributed by atoms with Crippen molar-refractivity contribution >= 4 is 19.7 Å². The minimum absolute atomic E-state index is 0.115. The van der Waals surface area contributed by atoms with Crippen LogP contribution in [-0.4, -0.2) is 15.0 Å². The van der Waals surface area contributed by atoms with Gasteiger partial charge in [0, 0.05) is 10.7 Å². The van der Waals surface area contributed by atoms with Gasteiger partial charge in [-0.2, -0.15) is 0 Å². The fourth-order valence-corrected chi connectivity index (χ4v) is 2.08. The van der Waals surface area contributed by atoms with Gasteiger partial charge in [0.25, 0.3) is 9.05 Å². The molecule has 0 atom stereocenters. The average Bonchev–Trinajstić information content (AvgIpc) is 2.17. The molecule has 1 aromatic carbocycles. The number of aryl methyl sites for hydroxylation is 1. The van der Waals surface area contributed by atoms with E-state index in [9.17, 15) is 8.42 Å². The summed E-state index contributed by atoms with van der Waals surface area (Å²) in [4.78, 5) is 0.115. The first kappa shape index (κ1) is 12.3. The second kappa shape index (κ2) is 4.86. The molecule has 0 aliphatic heterocycles. The molecule has 0 amide bonds. The molecule has 0 saturated heterocycles. The Morgan fingerprint density at radius 1 is 1.33 bits per heavy atom. The molecule has 0 aliphatic carbocycles. The summed E-state index contributed by atoms with van der Waals surface area (Å²) in [7, 11) is 1.60. The summed E-state index contributed by atoms with van der Waals surface area (Å²) >= 11 is 0. The molecule has 84 valence electrons. The topological polar surface area (TPSA) is 43.4 Å². The highest BCUT2D eigenvalue weighted by molar-refractivity contribution is 8.13. The van der Waals surface area contributed by atoms with Crippen LogP contribution < -0.4 is 4.74 Å². The minimum atomic E-state index is -3.65. The molecular formula is C10H13ClO3S. The lowest BCUT2D eigenvalue weighted by molar-refractivity contribution is 0.336. The van der Waals surface area contributed by atoms with Crippen molar-refractivity contribution in [1.82, 2.24) is 0 Å². The van der Waals surface area contributed by atoms with Crippen molar-refractivity contribution in [3.05, 3.63) is 23.8 Å². The molecule has 0 fully saturated rings. The van der Waals surface area contributed by atoms with E-state index in [2.05, 4.69) is 0 Å². The molecule has 0 heterocycles. The first-order chi connectivity index (χ1) is 6.99. The van der Waals surface area contributed by atoms with Crippen LogP contribution in [-0.2, 0) is 15.5 Å². The monoisotopic (exact) mass is 248 g/mol. The van der Waals surface area contributed by atoms with Gasteiger partial charge in [0.1, 0.15) is 5.75 Å². The highest BCUT2D eigenvalue weighted by Crippen LogP contribution is 2.24. The Morgan fingerprint density at radius 3 is 2.47 bits per heavy atom. The lowest BCUT2D eigenvalue weighted by atomic mass is 10.1. The van der Waals surface area contributed by atoms with E-state index in [4.69, 9.17) is 15.4 Å². The Kier molecular flexibility index (Phi) is 3.99. The van der Waals surface area contributed by atoms with Gasteiger partial charge in [-0.05, 0) is 37.1 Å². The molecular weight excluding hydrogens is 236 g/mol. The van der Waals surface area contributed by atoms with Crippen molar-refractivity contribution in [3.63, 3.8) is 0 Å². The summed E-state index contributed by atoms with van der Waals surface area (Å²) < 4.78 is 27.5. The van der Waals surface area contributed by atoms with E-state index in [-0.39, 0.29) is 4.90 Å². The maximum Gasteiger partial charge on any atom is 0.261 e. The molecule has 1 aromatic rings. The van der Waals surface area contributed by atoms with Crippen LogP contribution in [0.4, 0.5) is 0 Å². The van der Waals surface area contributed by atoms with Gasteiger partial charge < -0.3 is 4.74 Å². The van der Waals surface area contributed by atoms with Crippen molar-refractivity contribution in [2.24, 2.45) is 0 Å². The summed E-state index contributed by atoms with van der Waals surface area (Å²) in [6, 6.07) is 4.64. The lowest BCUT2D eigenvalue weighted by Crippen LogP contribution is -1.98. The quantitative estimate of drug-likeness (QED) is 0.770. The number of halogens is 1. The van der Waals surface area contributed by atoms with Crippen molar-refractivity contribution in [1.29, 1.82) is 0 Å². The van der Waals surface area contributed by atoms with Crippen LogP contribution in [0, 0.1) is 0 Å². The first-order valence-electron chi connectivity index (χ1n) is 4.69. The third-order valence-electron chi connectivity index (χ3n) is 1.99. The minimum Gasteiger partial charge on any atom is -0.494 e. The maximum absolute atomic E-state index is 11.1. The van der Waals surface area contributed by atoms with Gasteiger partial charge in [-0.25, -0.2) is 8.42 Å². The molecule has 0 aliphatic rings. The molecule has 0 radical (unpaired) electrons. The van der Waals surface area contributed by atoms with Crippen molar-refractivity contribution in [2.45, 2.75) is 25.2 Å². The summed E-state index contributed by atoms with van der Waals surface area (Å²) in [5, 5.41) is 0. The normalized spacial score (nSPS) is 11.4. The summed E-state index contributed by atoms with van der Waals surface area (Å²) in [5.74, 6) is 0.712. The van der Waals surface area contributed by atoms with Crippen molar-refractivity contribution < 1.29 is 13.2 Å². The highest BCUT2D eigenvalue weighted by Gasteiger charge is 2.12. The summed E-state index contributed by atoms with van der Waals surface area (Å²) in [6.45, 7) is 4.37. The van der Waals surface area contributed by atoms with Gasteiger partial charge in [-0.15, -0.1) is 0 Å². The fraction of sp³-hybridized carbons (Fsp3) is 0.400. The van der Waals surface area contributed by atoms with E-state index in [1.807, 2.05) is 13.8 Å². The zero-order valence-corrected chi connectivity index (χ0v) is 10.2. The molecule has 0 unspecified atom stereocenters. The molecule has 0 spiro atoms.